The summed E-state index contributed by atoms with van der Waals surface area (Å²) in [5.41, 5.74) is 0.858. The molecular formula is C12H13ClN2O5S2. The van der Waals surface area contributed by atoms with Gasteiger partial charge in [0.05, 0.1) is 23.5 Å². The minimum absolute atomic E-state index is 0.471. The molecule has 1 aromatic carbocycles. The molecule has 1 aromatic rings. The van der Waals surface area contributed by atoms with Gasteiger partial charge in [-0.2, -0.15) is 14.0 Å². The molecule has 1 unspecified atom stereocenters. The minimum Gasteiger partial charge on any atom is -0.379 e. The van der Waals surface area contributed by atoms with Gasteiger partial charge in [0, 0.05) is 29.4 Å². The van der Waals surface area contributed by atoms with E-state index in [1.54, 1.807) is 0 Å². The van der Waals surface area contributed by atoms with Gasteiger partial charge in [0.2, 0.25) is 9.80 Å². The lowest BCUT2D eigenvalue weighted by Crippen LogP contribution is -2.60. The van der Waals surface area contributed by atoms with Crippen LogP contribution in [0.4, 0.5) is 0 Å². The van der Waals surface area contributed by atoms with Gasteiger partial charge in [-0.05, 0) is 0 Å². The molecule has 0 bridgehead atoms. The topological polar surface area (TPSA) is 103 Å². The van der Waals surface area contributed by atoms with E-state index in [4.69, 9.17) is 4.74 Å². The fourth-order valence-corrected chi connectivity index (χ4v) is 6.35. The van der Waals surface area contributed by atoms with Gasteiger partial charge < -0.3 is 4.74 Å². The van der Waals surface area contributed by atoms with Gasteiger partial charge in [-0.1, -0.05) is 30.3 Å². The molecule has 2 heterocycles. The first-order chi connectivity index (χ1) is 10.5. The van der Waals surface area contributed by atoms with Gasteiger partial charge in [-0.15, -0.1) is 0 Å². The number of benzene rings is 1. The smallest absolute Gasteiger partial charge is 0.211 e. The van der Waals surface area contributed by atoms with Crippen LogP contribution in [0.1, 0.15) is 5.56 Å². The summed E-state index contributed by atoms with van der Waals surface area (Å²) in [5.74, 6) is 0. The van der Waals surface area contributed by atoms with Crippen molar-refractivity contribution >= 4 is 30.7 Å². The molecule has 0 radical (unpaired) electrons. The van der Waals surface area contributed by atoms with E-state index in [0.717, 1.165) is 16.4 Å². The number of morpholine rings is 1. The molecule has 0 N–H and O–H groups in total. The summed E-state index contributed by atoms with van der Waals surface area (Å²) >= 11 is 0. The van der Waals surface area contributed by atoms with Gasteiger partial charge in [-0.3, -0.25) is 0 Å². The second-order valence-electron chi connectivity index (χ2n) is 4.42. The van der Waals surface area contributed by atoms with Crippen molar-refractivity contribution in [2.24, 2.45) is 4.99 Å². The van der Waals surface area contributed by atoms with Crippen molar-refractivity contribution in [3.05, 3.63) is 35.9 Å². The number of hydrogen-bond donors (Lipinski definition) is 0. The molecule has 7 nitrogen and oxygen atoms in total. The highest BCUT2D eigenvalue weighted by Crippen LogP contribution is 2.44. The van der Waals surface area contributed by atoms with Crippen molar-refractivity contribution in [2.75, 3.05) is 26.3 Å². The summed E-state index contributed by atoms with van der Waals surface area (Å²) in [5, 5.41) is 1.11. The van der Waals surface area contributed by atoms with Gasteiger partial charge in [-0.25, -0.2) is 9.89 Å². The van der Waals surface area contributed by atoms with E-state index in [1.807, 2.05) is 35.2 Å². The molecule has 1 atom stereocenters. The Hall–Kier alpha value is -0.490. The van der Waals surface area contributed by atoms with E-state index in [1.165, 1.54) is 0 Å². The second kappa shape index (κ2) is 6.95. The summed E-state index contributed by atoms with van der Waals surface area (Å²) < 4.78 is 42.8. The maximum Gasteiger partial charge on any atom is 0.211 e. The SMILES string of the molecule is [O-][Cl+3]([O-])([O-])OS1=C(N2CCOCC2)N=C(c2ccccc2)S1. The number of hydrogen-bond acceptors (Lipinski definition) is 8. The van der Waals surface area contributed by atoms with Crippen LogP contribution in [0.15, 0.2) is 35.3 Å². The van der Waals surface area contributed by atoms with Crippen molar-refractivity contribution in [1.29, 1.82) is 0 Å². The van der Waals surface area contributed by atoms with Crippen molar-refractivity contribution in [1.82, 2.24) is 4.90 Å². The molecule has 0 aliphatic carbocycles. The van der Waals surface area contributed by atoms with Crippen molar-refractivity contribution < 1.29 is 32.7 Å². The maximum absolute atomic E-state index is 10.9. The fraction of sp³-hybridized carbons (Fsp3) is 0.333. The number of aliphatic imine (C=N–C) groups is 1. The van der Waals surface area contributed by atoms with Crippen LogP contribution < -0.4 is 14.0 Å². The first kappa shape index (κ1) is 16.4. The van der Waals surface area contributed by atoms with Gasteiger partial charge in [0.1, 0.15) is 5.04 Å². The fourth-order valence-electron chi connectivity index (χ4n) is 1.99. The Bertz CT molecular complexity index is 599. The molecule has 2 aliphatic heterocycles. The Labute approximate surface area is 135 Å². The van der Waals surface area contributed by atoms with E-state index >= 15 is 0 Å². The highest BCUT2D eigenvalue weighted by molar-refractivity contribution is 8.87. The van der Waals surface area contributed by atoms with E-state index in [0.29, 0.717) is 36.5 Å². The van der Waals surface area contributed by atoms with E-state index < -0.39 is 20.0 Å². The summed E-state index contributed by atoms with van der Waals surface area (Å²) in [4.78, 5) is 6.39. The number of rotatable bonds is 3. The average Bonchev–Trinajstić information content (AvgIpc) is 2.91. The molecule has 0 amide bonds. The molecule has 3 rings (SSSR count). The van der Waals surface area contributed by atoms with Gasteiger partial charge in [0.25, 0.3) is 0 Å². The van der Waals surface area contributed by atoms with E-state index in [9.17, 15) is 14.0 Å². The summed E-state index contributed by atoms with van der Waals surface area (Å²) in [6.07, 6.45) is 0. The van der Waals surface area contributed by atoms with Crippen LogP contribution in [0, 0.1) is 10.2 Å². The first-order valence-electron chi connectivity index (χ1n) is 6.40. The summed E-state index contributed by atoms with van der Waals surface area (Å²) in [6, 6.07) is 9.37. The summed E-state index contributed by atoms with van der Waals surface area (Å²) in [7, 11) is -4.64. The molecule has 1 saturated heterocycles. The predicted molar refractivity (Wildman–Crippen MR) is 76.6 cm³/mol. The summed E-state index contributed by atoms with van der Waals surface area (Å²) in [6.45, 7) is 2.24. The van der Waals surface area contributed by atoms with Crippen LogP contribution in [-0.2, 0) is 8.47 Å². The Morgan fingerprint density at radius 3 is 2.50 bits per heavy atom. The first-order valence-corrected chi connectivity index (χ1v) is 10.1. The van der Waals surface area contributed by atoms with E-state index in [-0.39, 0.29) is 0 Å². The van der Waals surface area contributed by atoms with Crippen LogP contribution in [0.5, 0.6) is 0 Å². The standard InChI is InChI=1S/C12H13ClN2O5S2/c16-13(17,18)20-22-12(15-6-8-19-9-7-15)14-11(21-22)10-4-2-1-3-5-10/h1-5H,6-9H2. The molecule has 120 valence electrons. The Morgan fingerprint density at radius 1 is 1.18 bits per heavy atom. The highest BCUT2D eigenvalue weighted by atomic mass is 35.7. The number of halogens is 1. The zero-order chi connectivity index (χ0) is 15.6. The van der Waals surface area contributed by atoms with Crippen molar-refractivity contribution in [3.8, 4) is 0 Å². The molecule has 0 saturated carbocycles. The monoisotopic (exact) mass is 364 g/mol. The van der Waals surface area contributed by atoms with Crippen molar-refractivity contribution in [2.45, 2.75) is 0 Å². The molecular weight excluding hydrogens is 352 g/mol. The number of nitrogens with zero attached hydrogens (tertiary/aromatic N) is 2. The molecule has 2 aliphatic rings. The zero-order valence-corrected chi connectivity index (χ0v) is 13.7. The Balaban J connectivity index is 1.87. The van der Waals surface area contributed by atoms with Crippen LogP contribution in [0.25, 0.3) is 0 Å². The third kappa shape index (κ3) is 4.07. The van der Waals surface area contributed by atoms with Crippen LogP contribution in [0.3, 0.4) is 0 Å². The van der Waals surface area contributed by atoms with Crippen LogP contribution in [-0.4, -0.2) is 41.4 Å². The predicted octanol–water partition coefficient (Wildman–Crippen LogP) is -1.39. The maximum atomic E-state index is 10.9. The highest BCUT2D eigenvalue weighted by Gasteiger charge is 2.35. The molecule has 0 aromatic heterocycles. The molecule has 0 spiro atoms. The molecule has 22 heavy (non-hydrogen) atoms. The molecule has 1 fully saturated rings. The van der Waals surface area contributed by atoms with Gasteiger partial charge >= 0.3 is 0 Å². The molecule has 10 heteroatoms. The van der Waals surface area contributed by atoms with Crippen molar-refractivity contribution in [3.63, 3.8) is 0 Å². The lowest BCUT2D eigenvalue weighted by atomic mass is 10.2. The van der Waals surface area contributed by atoms with Gasteiger partial charge in [0.15, 0.2) is 8.85 Å². The largest absolute Gasteiger partial charge is 0.379 e. The quantitative estimate of drug-likeness (QED) is 0.480. The lowest BCUT2D eigenvalue weighted by Gasteiger charge is -2.25. The minimum atomic E-state index is -4.51. The third-order valence-electron chi connectivity index (χ3n) is 2.94. The van der Waals surface area contributed by atoms with E-state index in [2.05, 4.69) is 8.73 Å². The zero-order valence-electron chi connectivity index (χ0n) is 11.3. The second-order valence-corrected chi connectivity index (χ2v) is 8.48. The normalized spacial score (nSPS) is 23.7. The van der Waals surface area contributed by atoms with Crippen LogP contribution >= 0.6 is 20.6 Å². The lowest BCUT2D eigenvalue weighted by molar-refractivity contribution is -1.91. The Morgan fingerprint density at radius 2 is 1.86 bits per heavy atom. The van der Waals surface area contributed by atoms with Crippen LogP contribution in [0.2, 0.25) is 0 Å². The third-order valence-corrected chi connectivity index (χ3v) is 7.13. The number of ether oxygens (including phenoxy) is 1. The average molecular weight is 365 g/mol. The Kier molecular flexibility index (Phi) is 5.17.